The number of likely N-dealkylation sites (tertiary alicyclic amines) is 1. The van der Waals surface area contributed by atoms with Gasteiger partial charge in [0.2, 0.25) is 5.91 Å². The number of carboxylic acids is 1. The molecule has 1 heterocycles. The summed E-state index contributed by atoms with van der Waals surface area (Å²) < 4.78 is 7.21. The number of rotatable bonds is 11. The molecule has 5 nitrogen and oxygen atoms in total. The Bertz CT molecular complexity index is 1620. The third-order valence-electron chi connectivity index (χ3n) is 9.48. The standard InChI is InChI=1S/C39H43Cl2NO4Si/c1-27(22-23-46-47(39(2,3)4,33-14-7-5-8-15-33)34-16-9-6-10-17-34)42-37(28-18-20-31(40)21-19-28)35(29-12-11-13-32(41)24-29)25-30(38(42)45)26-36(43)44/h5-21,24,27,30,35,37H,22-23,25-26H2,1-4H3,(H,43,44)/t27-,30?,35?,37?/m1/s1. The summed E-state index contributed by atoms with van der Waals surface area (Å²) >= 11 is 12.8. The van der Waals surface area contributed by atoms with Gasteiger partial charge in [0.05, 0.1) is 12.5 Å². The maximum atomic E-state index is 14.3. The first-order chi connectivity index (χ1) is 22.4. The second-order valence-electron chi connectivity index (χ2n) is 13.6. The van der Waals surface area contributed by atoms with Crippen LogP contribution in [0.4, 0.5) is 0 Å². The zero-order valence-electron chi connectivity index (χ0n) is 27.4. The molecule has 0 aromatic heterocycles. The molecule has 1 N–H and O–H groups in total. The fraction of sp³-hybridized carbons (Fsp3) is 0.333. The number of halogens is 2. The van der Waals surface area contributed by atoms with E-state index < -0.39 is 20.2 Å². The van der Waals surface area contributed by atoms with Crippen LogP contribution in [0.15, 0.2) is 109 Å². The molecule has 246 valence electrons. The van der Waals surface area contributed by atoms with Gasteiger partial charge < -0.3 is 14.4 Å². The Morgan fingerprint density at radius 3 is 2.00 bits per heavy atom. The molecule has 4 aromatic rings. The van der Waals surface area contributed by atoms with E-state index in [2.05, 4.69) is 69.3 Å². The molecule has 1 amide bonds. The van der Waals surface area contributed by atoms with Gasteiger partial charge in [0.15, 0.2) is 0 Å². The monoisotopic (exact) mass is 687 g/mol. The average molecular weight is 689 g/mol. The van der Waals surface area contributed by atoms with Crippen LogP contribution in [0.25, 0.3) is 0 Å². The lowest BCUT2D eigenvalue weighted by Crippen LogP contribution is -2.66. The Morgan fingerprint density at radius 2 is 1.47 bits per heavy atom. The summed E-state index contributed by atoms with van der Waals surface area (Å²) in [6.07, 6.45) is 0.744. The molecule has 0 saturated carbocycles. The molecule has 4 atom stereocenters. The first kappa shape index (κ1) is 34.9. The van der Waals surface area contributed by atoms with E-state index in [0.29, 0.717) is 29.5 Å². The van der Waals surface area contributed by atoms with Crippen LogP contribution in [0.2, 0.25) is 15.1 Å². The average Bonchev–Trinajstić information content (AvgIpc) is 3.04. The van der Waals surface area contributed by atoms with E-state index in [1.807, 2.05) is 72.5 Å². The smallest absolute Gasteiger partial charge is 0.304 e. The van der Waals surface area contributed by atoms with Gasteiger partial charge >= 0.3 is 5.97 Å². The summed E-state index contributed by atoms with van der Waals surface area (Å²) in [6.45, 7) is 9.23. The fourth-order valence-corrected chi connectivity index (χ4v) is 12.2. The lowest BCUT2D eigenvalue weighted by Gasteiger charge is -2.48. The van der Waals surface area contributed by atoms with Crippen molar-refractivity contribution in [3.05, 3.63) is 130 Å². The molecule has 4 aromatic carbocycles. The molecular weight excluding hydrogens is 645 g/mol. The number of amides is 1. The van der Waals surface area contributed by atoms with Gasteiger partial charge in [-0.1, -0.05) is 129 Å². The topological polar surface area (TPSA) is 66.8 Å². The van der Waals surface area contributed by atoms with Crippen molar-refractivity contribution in [2.45, 2.75) is 70.0 Å². The minimum absolute atomic E-state index is 0.149. The summed E-state index contributed by atoms with van der Waals surface area (Å²) in [5.41, 5.74) is 1.92. The molecular formula is C39H43Cl2NO4Si. The molecule has 47 heavy (non-hydrogen) atoms. The lowest BCUT2D eigenvalue weighted by atomic mass is 9.74. The third-order valence-corrected chi connectivity index (χ3v) is 15.0. The molecule has 0 aliphatic carbocycles. The summed E-state index contributed by atoms with van der Waals surface area (Å²) in [7, 11) is -2.79. The van der Waals surface area contributed by atoms with Crippen molar-refractivity contribution >= 4 is 53.8 Å². The van der Waals surface area contributed by atoms with E-state index in [9.17, 15) is 14.7 Å². The van der Waals surface area contributed by atoms with Crippen molar-refractivity contribution in [2.75, 3.05) is 6.61 Å². The number of carbonyl (C=O) groups is 2. The molecule has 5 rings (SSSR count). The highest BCUT2D eigenvalue weighted by Gasteiger charge is 2.50. The van der Waals surface area contributed by atoms with Crippen LogP contribution in [-0.2, 0) is 14.0 Å². The predicted molar refractivity (Wildman–Crippen MR) is 193 cm³/mol. The molecule has 1 aliphatic heterocycles. The molecule has 3 unspecified atom stereocenters. The number of piperidine rings is 1. The van der Waals surface area contributed by atoms with Crippen LogP contribution in [0, 0.1) is 5.92 Å². The fourth-order valence-electron chi connectivity index (χ4n) is 7.34. The Kier molecular flexibility index (Phi) is 11.0. The summed E-state index contributed by atoms with van der Waals surface area (Å²) in [6, 6.07) is 35.7. The minimum atomic E-state index is -2.79. The first-order valence-electron chi connectivity index (χ1n) is 16.2. The third kappa shape index (κ3) is 7.52. The maximum Gasteiger partial charge on any atom is 0.304 e. The molecule has 0 bridgehead atoms. The van der Waals surface area contributed by atoms with Gasteiger partial charge in [-0.25, -0.2) is 0 Å². The number of carboxylic acid groups (broad SMARTS) is 1. The number of nitrogens with zero attached hydrogens (tertiary/aromatic N) is 1. The Hall–Kier alpha value is -3.42. The van der Waals surface area contributed by atoms with E-state index in [1.54, 1.807) is 0 Å². The van der Waals surface area contributed by atoms with E-state index in [1.165, 1.54) is 10.4 Å². The second kappa shape index (κ2) is 14.8. The molecule has 0 radical (unpaired) electrons. The zero-order chi connectivity index (χ0) is 33.8. The molecule has 1 saturated heterocycles. The SMILES string of the molecule is C[C@H](CCO[Si](c1ccccc1)(c1ccccc1)C(C)(C)C)N1C(=O)C(CC(=O)O)CC(c2cccc(Cl)c2)C1c1ccc(Cl)cc1. The predicted octanol–water partition coefficient (Wildman–Crippen LogP) is 8.50. The highest BCUT2D eigenvalue weighted by molar-refractivity contribution is 6.99. The van der Waals surface area contributed by atoms with Crippen LogP contribution >= 0.6 is 23.2 Å². The second-order valence-corrected chi connectivity index (χ2v) is 18.8. The van der Waals surface area contributed by atoms with Crippen LogP contribution in [0.3, 0.4) is 0 Å². The van der Waals surface area contributed by atoms with Crippen LogP contribution < -0.4 is 10.4 Å². The van der Waals surface area contributed by atoms with Crippen molar-refractivity contribution in [3.8, 4) is 0 Å². The van der Waals surface area contributed by atoms with Gasteiger partial charge in [-0.3, -0.25) is 9.59 Å². The van der Waals surface area contributed by atoms with E-state index in [4.69, 9.17) is 27.6 Å². The summed E-state index contributed by atoms with van der Waals surface area (Å²) in [5.74, 6) is -1.97. The quantitative estimate of drug-likeness (QED) is 0.161. The van der Waals surface area contributed by atoms with Crippen molar-refractivity contribution in [1.82, 2.24) is 4.90 Å². The Morgan fingerprint density at radius 1 is 0.872 bits per heavy atom. The molecule has 1 aliphatic rings. The number of hydrogen-bond acceptors (Lipinski definition) is 3. The van der Waals surface area contributed by atoms with E-state index in [-0.39, 0.29) is 35.4 Å². The van der Waals surface area contributed by atoms with Gasteiger partial charge in [-0.05, 0) is 70.6 Å². The molecule has 0 spiro atoms. The van der Waals surface area contributed by atoms with Gasteiger partial charge in [0, 0.05) is 34.5 Å². The number of aliphatic carboxylic acids is 1. The summed E-state index contributed by atoms with van der Waals surface area (Å²) in [4.78, 5) is 28.3. The van der Waals surface area contributed by atoms with Crippen LogP contribution in [0.5, 0.6) is 0 Å². The normalized spacial score (nSPS) is 19.4. The number of carbonyl (C=O) groups excluding carboxylic acids is 1. The van der Waals surface area contributed by atoms with Crippen LogP contribution in [-0.4, -0.2) is 42.8 Å². The van der Waals surface area contributed by atoms with Crippen LogP contribution in [0.1, 0.15) is 70.0 Å². The van der Waals surface area contributed by atoms with Crippen molar-refractivity contribution in [3.63, 3.8) is 0 Å². The number of benzene rings is 4. The van der Waals surface area contributed by atoms with Gasteiger partial charge in [0.25, 0.3) is 8.32 Å². The first-order valence-corrected chi connectivity index (χ1v) is 18.9. The zero-order valence-corrected chi connectivity index (χ0v) is 29.9. The van der Waals surface area contributed by atoms with E-state index >= 15 is 0 Å². The molecule has 1 fully saturated rings. The van der Waals surface area contributed by atoms with Gasteiger partial charge in [0.1, 0.15) is 0 Å². The molecule has 8 heteroatoms. The van der Waals surface area contributed by atoms with Gasteiger partial charge in [-0.2, -0.15) is 0 Å². The van der Waals surface area contributed by atoms with Gasteiger partial charge in [-0.15, -0.1) is 0 Å². The largest absolute Gasteiger partial charge is 0.481 e. The van der Waals surface area contributed by atoms with E-state index in [0.717, 1.165) is 11.1 Å². The van der Waals surface area contributed by atoms with Crippen molar-refractivity contribution in [1.29, 1.82) is 0 Å². The van der Waals surface area contributed by atoms with Crippen molar-refractivity contribution < 1.29 is 19.1 Å². The minimum Gasteiger partial charge on any atom is -0.481 e. The Balaban J connectivity index is 1.53. The summed E-state index contributed by atoms with van der Waals surface area (Å²) in [5, 5.41) is 13.2. The maximum absolute atomic E-state index is 14.3. The Labute approximate surface area is 289 Å². The highest BCUT2D eigenvalue weighted by atomic mass is 35.5. The van der Waals surface area contributed by atoms with Crippen molar-refractivity contribution in [2.24, 2.45) is 5.92 Å². The lowest BCUT2D eigenvalue weighted by molar-refractivity contribution is -0.152. The number of hydrogen-bond donors (Lipinski definition) is 1. The highest BCUT2D eigenvalue weighted by Crippen LogP contribution is 2.48.